The van der Waals surface area contributed by atoms with Crippen molar-refractivity contribution in [2.75, 3.05) is 48.1 Å². The molecule has 2 aromatic heterocycles. The van der Waals surface area contributed by atoms with E-state index >= 15 is 0 Å². The van der Waals surface area contributed by atoms with Crippen LogP contribution in [0.3, 0.4) is 0 Å². The van der Waals surface area contributed by atoms with Gasteiger partial charge in [-0.3, -0.25) is 4.79 Å². The predicted octanol–water partition coefficient (Wildman–Crippen LogP) is 6.16. The summed E-state index contributed by atoms with van der Waals surface area (Å²) in [6.07, 6.45) is -2.77. The summed E-state index contributed by atoms with van der Waals surface area (Å²) < 4.78 is 61.0. The van der Waals surface area contributed by atoms with Crippen molar-refractivity contribution in [1.29, 1.82) is 0 Å². The van der Waals surface area contributed by atoms with E-state index in [2.05, 4.69) is 20.2 Å². The minimum Gasteiger partial charge on any atom is -0.459 e. The maximum Gasteiger partial charge on any atom is 0.311 e. The summed E-state index contributed by atoms with van der Waals surface area (Å²) in [4.78, 5) is 23.1. The van der Waals surface area contributed by atoms with Gasteiger partial charge < -0.3 is 63.4 Å². The predicted molar refractivity (Wildman–Crippen MR) is 278 cm³/mol. The van der Waals surface area contributed by atoms with Crippen molar-refractivity contribution in [3.05, 3.63) is 53.3 Å². The van der Waals surface area contributed by atoms with Crippen LogP contribution in [0.2, 0.25) is 0 Å². The number of hydrogen-bond acceptors (Lipinski definition) is 18. The Morgan fingerprint density at radius 1 is 0.973 bits per heavy atom. The van der Waals surface area contributed by atoms with Crippen molar-refractivity contribution in [3.8, 4) is 10.6 Å². The second-order valence-electron chi connectivity index (χ2n) is 22.4. The fourth-order valence-corrected chi connectivity index (χ4v) is 12.3. The lowest BCUT2D eigenvalue weighted by atomic mass is 9.77. The number of ether oxygens (including phenoxy) is 7. The van der Waals surface area contributed by atoms with Gasteiger partial charge >= 0.3 is 5.97 Å². The Morgan fingerprint density at radius 2 is 1.68 bits per heavy atom. The average Bonchev–Trinajstić information content (AvgIpc) is 4.08. The number of thiazole rings is 1. The molecule has 0 bridgehead atoms. The molecule has 5 heterocycles. The molecule has 0 spiro atoms. The summed E-state index contributed by atoms with van der Waals surface area (Å²) in [6.45, 7) is 18.3. The van der Waals surface area contributed by atoms with Crippen molar-refractivity contribution in [2.24, 2.45) is 17.8 Å². The van der Waals surface area contributed by atoms with Crippen molar-refractivity contribution < 1.29 is 62.8 Å². The topological polar surface area (TPSA) is 213 Å². The summed E-state index contributed by atoms with van der Waals surface area (Å²) in [5.74, 6) is -2.56. The highest BCUT2D eigenvalue weighted by Gasteiger charge is 2.52. The van der Waals surface area contributed by atoms with E-state index in [9.17, 15) is 29.6 Å². The molecule has 1 aromatic carbocycles. The number of esters is 1. The monoisotopic (exact) mass is 1060 g/mol. The van der Waals surface area contributed by atoms with E-state index in [1.54, 1.807) is 70.1 Å². The van der Waals surface area contributed by atoms with E-state index in [1.807, 2.05) is 76.3 Å². The molecule has 4 N–H and O–H groups in total. The third-order valence-corrected chi connectivity index (χ3v) is 17.1. The molecule has 6 rings (SSSR count). The van der Waals surface area contributed by atoms with Crippen molar-refractivity contribution >= 4 is 17.3 Å². The number of nitrogens with zero attached hydrogens (tertiary/aromatic N) is 6. The van der Waals surface area contributed by atoms with Crippen LogP contribution in [-0.2, 0) is 44.4 Å². The summed E-state index contributed by atoms with van der Waals surface area (Å²) >= 11 is 1.55. The van der Waals surface area contributed by atoms with E-state index in [1.165, 1.54) is 14.0 Å². The first kappa shape index (κ1) is 60.1. The van der Waals surface area contributed by atoms with E-state index in [0.717, 1.165) is 16.1 Å². The molecule has 20 heteroatoms. The second kappa shape index (κ2) is 25.6. The second-order valence-corrected chi connectivity index (χ2v) is 23.2. The molecule has 0 aliphatic carbocycles. The highest BCUT2D eigenvalue weighted by molar-refractivity contribution is 7.13. The number of aliphatic hydroxyl groups is 4. The minimum absolute atomic E-state index is 0.0133. The first-order valence-corrected chi connectivity index (χ1v) is 27.3. The summed E-state index contributed by atoms with van der Waals surface area (Å²) in [5.41, 5.74) is -1.91. The van der Waals surface area contributed by atoms with Gasteiger partial charge in [-0.15, -0.1) is 16.4 Å². The van der Waals surface area contributed by atoms with Gasteiger partial charge in [0.1, 0.15) is 47.7 Å². The number of likely N-dealkylation sites (N-methyl/N-ethyl adjacent to an activating group) is 2. The van der Waals surface area contributed by atoms with E-state index in [-0.39, 0.29) is 37.3 Å². The van der Waals surface area contributed by atoms with E-state index in [4.69, 9.17) is 33.2 Å². The van der Waals surface area contributed by atoms with Gasteiger partial charge in [-0.25, -0.2) is 14.1 Å². The van der Waals surface area contributed by atoms with Gasteiger partial charge in [0, 0.05) is 87.9 Å². The molecule has 3 aromatic rings. The first-order valence-electron chi connectivity index (χ1n) is 26.5. The summed E-state index contributed by atoms with van der Waals surface area (Å²) in [7, 11) is 6.98. The number of carbonyl (C=O) groups excluding carboxylic acids is 1. The number of benzene rings is 1. The van der Waals surface area contributed by atoms with Crippen LogP contribution < -0.4 is 0 Å². The fourth-order valence-electron chi connectivity index (χ4n) is 11.7. The number of alkyl halides is 1. The smallest absolute Gasteiger partial charge is 0.311 e. The summed E-state index contributed by atoms with van der Waals surface area (Å²) in [5, 5.41) is 59.2. The van der Waals surface area contributed by atoms with Crippen LogP contribution in [0.4, 0.5) is 4.39 Å². The Kier molecular flexibility index (Phi) is 20.8. The highest BCUT2D eigenvalue weighted by atomic mass is 32.1. The highest BCUT2D eigenvalue weighted by Crippen LogP contribution is 2.41. The van der Waals surface area contributed by atoms with Crippen LogP contribution in [0.25, 0.3) is 10.6 Å². The van der Waals surface area contributed by atoms with Crippen LogP contribution in [0.5, 0.6) is 0 Å². The largest absolute Gasteiger partial charge is 0.459 e. The Balaban J connectivity index is 1.23. The SMILES string of the molecule is CC[C@H]1OC(=O)[C@H](C)[C@@H](O[C@H]2C[C@@](C)(OC)[C@@H](O)[C@H](C)O2)[C@H](C)[C@@H](O[C@H]2C[C@@H](N(C)CCc3cn([C@H](CF)[C@H](OC)c4ccc(-c5nccs5)cc4)nn3)C[C@@H](C)O2)[C@](C)(O)C[C@@H](C)CN(C)[C@H](C)[C@@H](O)[C@]1(C)O. The van der Waals surface area contributed by atoms with Gasteiger partial charge in [0.05, 0.1) is 47.2 Å². The molecule has 74 heavy (non-hydrogen) atoms. The van der Waals surface area contributed by atoms with Gasteiger partial charge in [0.15, 0.2) is 12.6 Å². The number of halogens is 1. The first-order chi connectivity index (χ1) is 34.9. The van der Waals surface area contributed by atoms with Crippen molar-refractivity contribution in [1.82, 2.24) is 29.8 Å². The van der Waals surface area contributed by atoms with Crippen LogP contribution in [0, 0.1) is 17.8 Å². The van der Waals surface area contributed by atoms with Crippen LogP contribution in [0.15, 0.2) is 42.0 Å². The maximum absolute atomic E-state index is 14.9. The third-order valence-electron chi connectivity index (χ3n) is 16.3. The minimum atomic E-state index is -1.82. The van der Waals surface area contributed by atoms with Crippen LogP contribution in [-0.4, -0.2) is 188 Å². The lowest BCUT2D eigenvalue weighted by molar-refractivity contribution is -0.308. The number of aliphatic hydroxyl groups excluding tert-OH is 2. The van der Waals surface area contributed by atoms with E-state index in [0.29, 0.717) is 38.0 Å². The van der Waals surface area contributed by atoms with Crippen LogP contribution in [0.1, 0.15) is 125 Å². The zero-order chi connectivity index (χ0) is 54.4. The Morgan fingerprint density at radius 3 is 2.30 bits per heavy atom. The standard InChI is InChI=1S/C54H87FN6O12S/c1-15-42-54(10,66)47(62)35(6)60(12)29-31(2)26-52(8,65)49(33(4)45(34(5)51(64)71-42)72-44-27-53(9,68-14)48(63)36(7)70-44)73-43-25-40(24-32(3)69-43)59(11)22-20-39-30-61(58-57-39)41(28-55)46(67-13)37-16-18-38(19-17-37)50-56-21-23-74-50/h16-19,21,23,30-36,40-49,62-63,65-66H,15,20,22,24-29H2,1-14H3/t31-,32-,33+,34-,35-,36+,40+,41-,42-,43+,44+,45+,46-,47-,48+,49-,52-,53-,54-/m1/s1. The van der Waals surface area contributed by atoms with Crippen LogP contribution >= 0.6 is 11.3 Å². The van der Waals surface area contributed by atoms with Gasteiger partial charge in [0.25, 0.3) is 0 Å². The zero-order valence-electron chi connectivity index (χ0n) is 46.2. The number of aromatic nitrogens is 4. The molecule has 0 saturated carbocycles. The molecular formula is C54H87FN6O12S. The Hall–Kier alpha value is -3.09. The molecule has 3 aliphatic heterocycles. The molecule has 418 valence electrons. The van der Waals surface area contributed by atoms with Crippen molar-refractivity contribution in [3.63, 3.8) is 0 Å². The number of hydrogen-bond donors (Lipinski definition) is 4. The Labute approximate surface area is 442 Å². The molecule has 19 atom stereocenters. The third kappa shape index (κ3) is 14.0. The van der Waals surface area contributed by atoms with Crippen molar-refractivity contribution in [2.45, 2.75) is 204 Å². The molecular weight excluding hydrogens is 976 g/mol. The van der Waals surface area contributed by atoms with Gasteiger partial charge in [0.2, 0.25) is 0 Å². The number of methoxy groups -OCH3 is 2. The number of carbonyl (C=O) groups is 1. The Bertz CT molecular complexity index is 2190. The molecule has 3 fully saturated rings. The van der Waals surface area contributed by atoms with E-state index < -0.39 is 109 Å². The van der Waals surface area contributed by atoms with Gasteiger partial charge in [-0.1, -0.05) is 50.3 Å². The molecule has 0 radical (unpaired) electrons. The van der Waals surface area contributed by atoms with Gasteiger partial charge in [-0.2, -0.15) is 0 Å². The average molecular weight is 1060 g/mol. The van der Waals surface area contributed by atoms with Gasteiger partial charge in [-0.05, 0) is 93.3 Å². The molecule has 3 saturated heterocycles. The number of cyclic esters (lactones) is 1. The lowest BCUT2D eigenvalue weighted by Crippen LogP contribution is -2.59. The molecule has 18 nitrogen and oxygen atoms in total. The normalized spacial score (nSPS) is 38.2. The fraction of sp³-hybridized carbons (Fsp3) is 0.778. The zero-order valence-corrected chi connectivity index (χ0v) is 47.0. The summed E-state index contributed by atoms with van der Waals surface area (Å²) in [6, 6.07) is 6.47. The molecule has 0 unspecified atom stereocenters. The number of rotatable bonds is 16. The quantitative estimate of drug-likeness (QED) is 0.118. The maximum atomic E-state index is 14.9. The molecule has 0 amide bonds. The lowest BCUT2D eigenvalue weighted by Gasteiger charge is -2.48. The molecule has 3 aliphatic rings.